The Labute approximate surface area is 196 Å². The van der Waals surface area contributed by atoms with Gasteiger partial charge in [-0.05, 0) is 68.0 Å². The Balaban J connectivity index is 1.52. The average Bonchev–Trinajstić information content (AvgIpc) is 3.48. The van der Waals surface area contributed by atoms with Crippen molar-refractivity contribution in [2.75, 3.05) is 26.4 Å². The van der Waals surface area contributed by atoms with Gasteiger partial charge < -0.3 is 14.8 Å². The lowest BCUT2D eigenvalue weighted by atomic mass is 9.74. The quantitative estimate of drug-likeness (QED) is 0.472. The fourth-order valence-corrected chi connectivity index (χ4v) is 5.17. The summed E-state index contributed by atoms with van der Waals surface area (Å²) in [5.74, 6) is 1.45. The van der Waals surface area contributed by atoms with Gasteiger partial charge in [0.05, 0.1) is 11.5 Å². The summed E-state index contributed by atoms with van der Waals surface area (Å²) < 4.78 is 13.4. The standard InChI is InChI=1S/C23H28N4O3S2/c1-3-30-18-8-6-17(7-9-18)23(10-12-29-13-11-23)15-24-21(28)16(2)27-20(25-26-22(27)31)19-5-4-14-32-19/h4-9,14,16H,3,10-13,15H2,1-2H3,(H,24,28)(H,26,31). The van der Waals surface area contributed by atoms with E-state index >= 15 is 0 Å². The van der Waals surface area contributed by atoms with E-state index in [1.54, 1.807) is 15.9 Å². The Kier molecular flexibility index (Phi) is 7.07. The molecule has 1 atom stereocenters. The SMILES string of the molecule is CCOc1ccc(C2(CNC(=O)C(C)n3c(-c4cccs4)n[nH]c3=S)CCOCC2)cc1. The lowest BCUT2D eigenvalue weighted by molar-refractivity contribution is -0.124. The Morgan fingerprint density at radius 3 is 2.75 bits per heavy atom. The van der Waals surface area contributed by atoms with E-state index in [2.05, 4.69) is 27.6 Å². The van der Waals surface area contributed by atoms with Crippen molar-refractivity contribution in [2.45, 2.75) is 38.1 Å². The minimum atomic E-state index is -0.490. The van der Waals surface area contributed by atoms with E-state index in [4.69, 9.17) is 21.7 Å². The zero-order valence-corrected chi connectivity index (χ0v) is 19.9. The number of nitrogens with one attached hydrogen (secondary N) is 2. The maximum atomic E-state index is 13.2. The first-order valence-corrected chi connectivity index (χ1v) is 12.1. The van der Waals surface area contributed by atoms with Crippen LogP contribution < -0.4 is 10.1 Å². The molecule has 4 rings (SSSR count). The number of aromatic nitrogens is 3. The van der Waals surface area contributed by atoms with Crippen molar-refractivity contribution in [2.24, 2.45) is 0 Å². The number of aromatic amines is 1. The van der Waals surface area contributed by atoms with Crippen molar-refractivity contribution >= 4 is 29.5 Å². The molecule has 1 saturated heterocycles. The largest absolute Gasteiger partial charge is 0.494 e. The summed E-state index contributed by atoms with van der Waals surface area (Å²) in [5, 5.41) is 12.3. The van der Waals surface area contributed by atoms with Gasteiger partial charge in [0.1, 0.15) is 11.8 Å². The number of nitrogens with zero attached hydrogens (tertiary/aromatic N) is 2. The number of carbonyl (C=O) groups excluding carboxylic acids is 1. The van der Waals surface area contributed by atoms with Crippen molar-refractivity contribution in [1.82, 2.24) is 20.1 Å². The van der Waals surface area contributed by atoms with E-state index < -0.39 is 6.04 Å². The molecule has 0 bridgehead atoms. The number of hydrogen-bond acceptors (Lipinski definition) is 6. The van der Waals surface area contributed by atoms with E-state index in [0.717, 1.165) is 23.5 Å². The third-order valence-electron chi connectivity index (χ3n) is 6.04. The predicted octanol–water partition coefficient (Wildman–Crippen LogP) is 4.49. The molecule has 7 nitrogen and oxygen atoms in total. The van der Waals surface area contributed by atoms with Crippen molar-refractivity contribution in [3.8, 4) is 16.5 Å². The number of ether oxygens (including phenoxy) is 2. The Hall–Kier alpha value is -2.49. The molecule has 1 aliphatic rings. The monoisotopic (exact) mass is 472 g/mol. The third kappa shape index (κ3) is 4.65. The molecule has 3 aromatic rings. The van der Waals surface area contributed by atoms with E-state index in [9.17, 15) is 4.79 Å². The Bertz CT molecular complexity index is 1080. The molecule has 9 heteroatoms. The van der Waals surface area contributed by atoms with Crippen LogP contribution in [0.25, 0.3) is 10.7 Å². The lowest BCUT2D eigenvalue weighted by Crippen LogP contribution is -2.46. The molecule has 1 amide bonds. The highest BCUT2D eigenvalue weighted by Gasteiger charge is 2.35. The molecule has 3 heterocycles. The van der Waals surface area contributed by atoms with Crippen LogP contribution in [0.4, 0.5) is 0 Å². The highest BCUT2D eigenvalue weighted by Crippen LogP contribution is 2.35. The first-order valence-electron chi connectivity index (χ1n) is 10.8. The van der Waals surface area contributed by atoms with E-state index in [1.165, 1.54) is 5.56 Å². The van der Waals surface area contributed by atoms with Crippen molar-refractivity contribution in [3.63, 3.8) is 0 Å². The number of benzene rings is 1. The summed E-state index contributed by atoms with van der Waals surface area (Å²) in [6.07, 6.45) is 1.70. The van der Waals surface area contributed by atoms with Gasteiger partial charge in [0.25, 0.3) is 0 Å². The maximum absolute atomic E-state index is 13.2. The molecule has 170 valence electrons. The van der Waals surface area contributed by atoms with Gasteiger partial charge in [-0.1, -0.05) is 18.2 Å². The predicted molar refractivity (Wildman–Crippen MR) is 128 cm³/mol. The Morgan fingerprint density at radius 2 is 2.09 bits per heavy atom. The average molecular weight is 473 g/mol. The van der Waals surface area contributed by atoms with Crippen LogP contribution in [0.5, 0.6) is 5.75 Å². The number of thiophene rings is 1. The summed E-state index contributed by atoms with van der Waals surface area (Å²) >= 11 is 6.99. The van der Waals surface area contributed by atoms with Crippen LogP contribution in [0.1, 0.15) is 38.3 Å². The van der Waals surface area contributed by atoms with Crippen molar-refractivity contribution < 1.29 is 14.3 Å². The summed E-state index contributed by atoms with van der Waals surface area (Å²) in [5.41, 5.74) is 1.02. The van der Waals surface area contributed by atoms with Gasteiger partial charge in [-0.25, -0.2) is 0 Å². The number of amides is 1. The fourth-order valence-electron chi connectivity index (χ4n) is 4.17. The molecule has 0 aliphatic carbocycles. The minimum Gasteiger partial charge on any atom is -0.494 e. The second-order valence-electron chi connectivity index (χ2n) is 7.94. The zero-order valence-electron chi connectivity index (χ0n) is 18.3. The van der Waals surface area contributed by atoms with E-state index in [1.807, 2.05) is 43.5 Å². The van der Waals surface area contributed by atoms with Crippen LogP contribution >= 0.6 is 23.6 Å². The minimum absolute atomic E-state index is 0.0860. The second-order valence-corrected chi connectivity index (χ2v) is 9.28. The normalized spacial score (nSPS) is 16.4. The van der Waals surface area contributed by atoms with Crippen LogP contribution in [0.2, 0.25) is 0 Å². The van der Waals surface area contributed by atoms with Gasteiger partial charge in [0.2, 0.25) is 5.91 Å². The molecular weight excluding hydrogens is 444 g/mol. The number of carbonyl (C=O) groups is 1. The molecule has 1 aromatic carbocycles. The number of H-pyrrole nitrogens is 1. The van der Waals surface area contributed by atoms with Gasteiger partial charge in [-0.2, -0.15) is 5.10 Å². The van der Waals surface area contributed by atoms with Gasteiger partial charge in [-0.15, -0.1) is 11.3 Å². The van der Waals surface area contributed by atoms with E-state index in [0.29, 0.717) is 37.0 Å². The van der Waals surface area contributed by atoms with Crippen LogP contribution in [-0.2, 0) is 14.9 Å². The first-order chi connectivity index (χ1) is 15.5. The smallest absolute Gasteiger partial charge is 0.242 e. The molecule has 1 aliphatic heterocycles. The second kappa shape index (κ2) is 9.97. The van der Waals surface area contributed by atoms with Gasteiger partial charge in [0, 0.05) is 25.2 Å². The van der Waals surface area contributed by atoms with Gasteiger partial charge in [-0.3, -0.25) is 14.5 Å². The van der Waals surface area contributed by atoms with Gasteiger partial charge >= 0.3 is 0 Å². The molecule has 2 aromatic heterocycles. The topological polar surface area (TPSA) is 81.2 Å². The van der Waals surface area contributed by atoms with Crippen LogP contribution in [0, 0.1) is 4.77 Å². The third-order valence-corrected chi connectivity index (χ3v) is 7.20. The summed E-state index contributed by atoms with van der Waals surface area (Å²) in [6, 6.07) is 11.6. The highest BCUT2D eigenvalue weighted by molar-refractivity contribution is 7.71. The number of rotatable bonds is 8. The lowest BCUT2D eigenvalue weighted by Gasteiger charge is -2.38. The van der Waals surface area contributed by atoms with Crippen molar-refractivity contribution in [1.29, 1.82) is 0 Å². The molecule has 1 unspecified atom stereocenters. The van der Waals surface area contributed by atoms with Crippen LogP contribution in [-0.4, -0.2) is 47.0 Å². The molecule has 0 spiro atoms. The molecule has 32 heavy (non-hydrogen) atoms. The summed E-state index contributed by atoms with van der Waals surface area (Å²) in [4.78, 5) is 14.2. The molecule has 1 fully saturated rings. The van der Waals surface area contributed by atoms with Gasteiger partial charge in [0.15, 0.2) is 10.6 Å². The van der Waals surface area contributed by atoms with E-state index in [-0.39, 0.29) is 11.3 Å². The van der Waals surface area contributed by atoms with Crippen LogP contribution in [0.3, 0.4) is 0 Å². The number of hydrogen-bond donors (Lipinski definition) is 2. The molecule has 2 N–H and O–H groups in total. The first kappa shape index (κ1) is 22.7. The molecule has 0 saturated carbocycles. The fraction of sp³-hybridized carbons (Fsp3) is 0.435. The summed E-state index contributed by atoms with van der Waals surface area (Å²) in [6.45, 7) is 6.34. The molecular formula is C23H28N4O3S2. The summed E-state index contributed by atoms with van der Waals surface area (Å²) in [7, 11) is 0. The Morgan fingerprint density at radius 1 is 1.34 bits per heavy atom. The van der Waals surface area contributed by atoms with Crippen molar-refractivity contribution in [3.05, 3.63) is 52.1 Å². The van der Waals surface area contributed by atoms with Crippen LogP contribution in [0.15, 0.2) is 41.8 Å². The maximum Gasteiger partial charge on any atom is 0.242 e. The zero-order chi connectivity index (χ0) is 22.6. The highest BCUT2D eigenvalue weighted by atomic mass is 32.1. The molecule has 0 radical (unpaired) electrons.